The van der Waals surface area contributed by atoms with E-state index in [4.69, 9.17) is 0 Å². The summed E-state index contributed by atoms with van der Waals surface area (Å²) in [5.41, 5.74) is 13.8. The molecule has 0 N–H and O–H groups in total. The topological polar surface area (TPSA) is 0 Å². The molecule has 0 unspecified atom stereocenters. The number of halogens is 2. The van der Waals surface area contributed by atoms with Crippen LogP contribution in [-0.4, -0.2) is 5.43 Å². The largest absolute Gasteiger partial charge is 1.00 e. The Labute approximate surface area is 341 Å². The molecule has 0 nitrogen and oxygen atoms in total. The molecule has 4 heteroatoms. The first kappa shape index (κ1) is 43.4. The standard InChI is InChI=1S/C25H23.C21H23.C2H6Si.2ClH.Zr/c1-25(2,3)22-14-12-19(13-15-22)23-11-7-10-20-16-21(17-24(20)23)18-8-5-4-6-9-18;1-14-12-19-15(2)6-11-18(20(19)13-14)16-7-9-17(10-8-16)21(3,4)5;1-3-2;;;/h4-17H,1-3H3;6-13H,1-5H3;1-2H3;2*1H;/q2*-1;;;;+2/p-2. The third kappa shape index (κ3) is 10.8. The van der Waals surface area contributed by atoms with Crippen LogP contribution in [0.15, 0.2) is 133 Å². The van der Waals surface area contributed by atoms with Crippen molar-refractivity contribution in [2.75, 3.05) is 0 Å². The first-order valence-electron chi connectivity index (χ1n) is 17.8. The zero-order chi connectivity index (χ0) is 36.2. The van der Waals surface area contributed by atoms with E-state index in [1.165, 1.54) is 77.2 Å². The number of hydrogen-bond acceptors (Lipinski definition) is 0. The van der Waals surface area contributed by atoms with Crippen LogP contribution in [0.1, 0.15) is 63.8 Å². The van der Waals surface area contributed by atoms with Crippen molar-refractivity contribution in [3.8, 4) is 33.4 Å². The van der Waals surface area contributed by atoms with Crippen LogP contribution in [0.25, 0.3) is 54.9 Å². The van der Waals surface area contributed by atoms with Gasteiger partial charge in [-0.05, 0) is 33.1 Å². The van der Waals surface area contributed by atoms with Gasteiger partial charge < -0.3 is 24.8 Å². The van der Waals surface area contributed by atoms with Crippen molar-refractivity contribution in [1.29, 1.82) is 0 Å². The van der Waals surface area contributed by atoms with Crippen LogP contribution in [0.5, 0.6) is 0 Å². The maximum absolute atomic E-state index is 2.32. The second-order valence-corrected chi connectivity index (χ2v) is 25.2. The Kier molecular flexibility index (Phi) is 15.3. The SMILES string of the molecule is CC(C)(C)c1ccc(-c2cccc3[cH-]c(-c4ccccc4)cc23)cc1.C[Si](C)=[Zr+2].Cc1cc2c(-c3ccc(C(C)(C)C)cc3)ccc(C)c2[cH-]1.[Cl-].[Cl-]. The molecule has 0 aliphatic carbocycles. The molecule has 0 aliphatic rings. The van der Waals surface area contributed by atoms with Crippen LogP contribution in [0, 0.1) is 13.8 Å². The summed E-state index contributed by atoms with van der Waals surface area (Å²) in [4.78, 5) is 0. The van der Waals surface area contributed by atoms with E-state index in [1.54, 1.807) is 23.3 Å². The molecule has 0 saturated heterocycles. The van der Waals surface area contributed by atoms with E-state index in [9.17, 15) is 0 Å². The monoisotopic (exact) mass is 816 g/mol. The summed E-state index contributed by atoms with van der Waals surface area (Å²) in [7, 11) is 0. The summed E-state index contributed by atoms with van der Waals surface area (Å²) in [5.74, 6) is 0. The van der Waals surface area contributed by atoms with E-state index in [0.29, 0.717) is 0 Å². The molecule has 0 spiro atoms. The summed E-state index contributed by atoms with van der Waals surface area (Å²) in [6.45, 7) is 22.5. The number of fused-ring (bicyclic) bond motifs is 2. The number of hydrogen-bond donors (Lipinski definition) is 0. The van der Waals surface area contributed by atoms with Crippen LogP contribution >= 0.6 is 0 Å². The van der Waals surface area contributed by atoms with Gasteiger partial charge in [0.1, 0.15) is 0 Å². The number of benzene rings is 5. The van der Waals surface area contributed by atoms with Gasteiger partial charge in [-0.25, -0.2) is 0 Å². The molecule has 0 heterocycles. The Morgan fingerprint density at radius 2 is 1.02 bits per heavy atom. The maximum atomic E-state index is 2.32. The first-order valence-corrected chi connectivity index (χ1v) is 24.0. The number of rotatable bonds is 3. The van der Waals surface area contributed by atoms with E-state index in [2.05, 4.69) is 202 Å². The molecule has 268 valence electrons. The summed E-state index contributed by atoms with van der Waals surface area (Å²) in [6.07, 6.45) is 0. The van der Waals surface area contributed by atoms with Gasteiger partial charge in [-0.3, -0.25) is 0 Å². The molecular formula is C48H52Cl2SiZr-2. The third-order valence-corrected chi connectivity index (χ3v) is 9.23. The van der Waals surface area contributed by atoms with Crippen LogP contribution in [-0.2, 0) is 34.2 Å². The van der Waals surface area contributed by atoms with Gasteiger partial charge in [-0.15, -0.1) is 68.6 Å². The Morgan fingerprint density at radius 3 is 1.52 bits per heavy atom. The fraction of sp³-hybridized carbons (Fsp3) is 0.250. The molecular weight excluding hydrogens is 767 g/mol. The van der Waals surface area contributed by atoms with Crippen LogP contribution in [0.3, 0.4) is 0 Å². The fourth-order valence-corrected chi connectivity index (χ4v) is 6.42. The molecule has 0 saturated carbocycles. The van der Waals surface area contributed by atoms with Crippen molar-refractivity contribution in [2.24, 2.45) is 0 Å². The molecule has 0 aliphatic heterocycles. The third-order valence-electron chi connectivity index (χ3n) is 9.23. The molecule has 7 rings (SSSR count). The van der Waals surface area contributed by atoms with Crippen LogP contribution in [0.2, 0.25) is 13.1 Å². The molecule has 7 aromatic carbocycles. The van der Waals surface area contributed by atoms with Gasteiger partial charge in [-0.1, -0.05) is 169 Å². The van der Waals surface area contributed by atoms with Crippen LogP contribution in [0.4, 0.5) is 0 Å². The minimum atomic E-state index is 0. The van der Waals surface area contributed by atoms with E-state index in [1.807, 2.05) is 0 Å². The minimum absolute atomic E-state index is 0. The Morgan fingerprint density at radius 1 is 0.519 bits per heavy atom. The van der Waals surface area contributed by atoms with E-state index >= 15 is 0 Å². The zero-order valence-corrected chi connectivity index (χ0v) is 37.4. The second kappa shape index (κ2) is 18.4. The zero-order valence-electron chi connectivity index (χ0n) is 32.5. The van der Waals surface area contributed by atoms with Gasteiger partial charge in [-0.2, -0.15) is 6.07 Å². The molecule has 0 atom stereocenters. The molecule has 0 aromatic heterocycles. The van der Waals surface area contributed by atoms with Gasteiger partial charge >= 0.3 is 41.9 Å². The molecule has 0 radical (unpaired) electrons. The fourth-order valence-electron chi connectivity index (χ4n) is 6.42. The predicted octanol–water partition coefficient (Wildman–Crippen LogP) is 8.12. The van der Waals surface area contributed by atoms with Crippen molar-refractivity contribution in [1.82, 2.24) is 0 Å². The van der Waals surface area contributed by atoms with Crippen LogP contribution < -0.4 is 24.8 Å². The second-order valence-electron chi connectivity index (χ2n) is 15.9. The first-order chi connectivity index (χ1) is 23.6. The van der Waals surface area contributed by atoms with E-state index in [0.717, 1.165) is 0 Å². The molecule has 0 fully saturated rings. The van der Waals surface area contributed by atoms with Crippen molar-refractivity contribution in [3.05, 3.63) is 156 Å². The summed E-state index contributed by atoms with van der Waals surface area (Å²) >= 11 is 1.74. The smallest absolute Gasteiger partial charge is 0.0132 e. The van der Waals surface area contributed by atoms with Crippen molar-refractivity contribution in [3.63, 3.8) is 0 Å². The Hall–Kier alpha value is -3.00. The predicted molar refractivity (Wildman–Crippen MR) is 220 cm³/mol. The van der Waals surface area contributed by atoms with Gasteiger partial charge in [0, 0.05) is 0 Å². The Balaban J connectivity index is 0.000000249. The molecule has 0 amide bonds. The Bertz CT molecular complexity index is 2200. The van der Waals surface area contributed by atoms with Crippen molar-refractivity contribution < 1.29 is 48.1 Å². The summed E-state index contributed by atoms with van der Waals surface area (Å²) < 4.78 is 0. The van der Waals surface area contributed by atoms with Gasteiger partial charge in [0.15, 0.2) is 0 Å². The summed E-state index contributed by atoms with van der Waals surface area (Å²) in [6, 6.07) is 48.9. The average molecular weight is 819 g/mol. The van der Waals surface area contributed by atoms with E-state index < -0.39 is 0 Å². The van der Waals surface area contributed by atoms with E-state index in [-0.39, 0.29) is 41.1 Å². The summed E-state index contributed by atoms with van der Waals surface area (Å²) in [5, 5.41) is 5.38. The molecule has 7 aromatic rings. The number of aryl methyl sites for hydroxylation is 2. The normalized spacial score (nSPS) is 11.1. The van der Waals surface area contributed by atoms with Crippen molar-refractivity contribution >= 4 is 27.0 Å². The van der Waals surface area contributed by atoms with Crippen molar-refractivity contribution in [2.45, 2.75) is 79.3 Å². The van der Waals surface area contributed by atoms with Gasteiger partial charge in [0.2, 0.25) is 0 Å². The molecule has 0 bridgehead atoms. The van der Waals surface area contributed by atoms with Gasteiger partial charge in [0.25, 0.3) is 0 Å². The van der Waals surface area contributed by atoms with Gasteiger partial charge in [0.05, 0.1) is 0 Å². The average Bonchev–Trinajstić information content (AvgIpc) is 3.69. The minimum Gasteiger partial charge on any atom is -1.00 e. The quantitative estimate of drug-likeness (QED) is 0.125. The maximum Gasteiger partial charge on any atom is -0.0132 e. The molecule has 52 heavy (non-hydrogen) atoms.